The van der Waals surface area contributed by atoms with Gasteiger partial charge in [-0.2, -0.15) is 0 Å². The van der Waals surface area contributed by atoms with Crippen LogP contribution in [0.15, 0.2) is 36.4 Å². The molecule has 1 unspecified atom stereocenters. The van der Waals surface area contributed by atoms with Crippen molar-refractivity contribution in [2.75, 3.05) is 13.7 Å². The number of hydrogen-bond acceptors (Lipinski definition) is 3. The summed E-state index contributed by atoms with van der Waals surface area (Å²) in [4.78, 5) is 0. The fraction of sp³-hybridized carbons (Fsp3) is 0.333. The molecule has 0 heterocycles. The Labute approximate surface area is 140 Å². The van der Waals surface area contributed by atoms with Gasteiger partial charge in [0.2, 0.25) is 0 Å². The van der Waals surface area contributed by atoms with Crippen LogP contribution in [0.4, 0.5) is 4.39 Å². The lowest BCUT2D eigenvalue weighted by Gasteiger charge is -2.19. The Hall–Kier alpha value is -1.62. The molecule has 2 aromatic rings. The number of nitrogens with one attached hydrogen (secondary N) is 1. The van der Waals surface area contributed by atoms with E-state index >= 15 is 0 Å². The van der Waals surface area contributed by atoms with Crippen molar-refractivity contribution in [2.24, 2.45) is 0 Å². The minimum Gasteiger partial charge on any atom is -0.496 e. The maximum Gasteiger partial charge on any atom is 0.142 e. The Morgan fingerprint density at radius 1 is 1.39 bits per heavy atom. The average molecular weight is 336 g/mol. The molecule has 23 heavy (non-hydrogen) atoms. The van der Waals surface area contributed by atoms with Crippen molar-refractivity contribution in [3.8, 4) is 5.75 Å². The second-order valence-electron chi connectivity index (χ2n) is 5.72. The summed E-state index contributed by atoms with van der Waals surface area (Å²) in [5.41, 5.74) is 2.75. The number of benzene rings is 2. The van der Waals surface area contributed by atoms with Gasteiger partial charge in [-0.15, -0.1) is 0 Å². The van der Waals surface area contributed by atoms with E-state index in [4.69, 9.17) is 16.3 Å². The molecule has 122 valence electrons. The minimum absolute atomic E-state index is 0.0763. The highest BCUT2D eigenvalue weighted by atomic mass is 35.5. The highest BCUT2D eigenvalue weighted by molar-refractivity contribution is 6.30. The van der Waals surface area contributed by atoms with Gasteiger partial charge in [0.15, 0.2) is 0 Å². The van der Waals surface area contributed by atoms with Crippen LogP contribution in [0.3, 0.4) is 0 Å². The Balaban J connectivity index is 1.70. The molecule has 0 spiro atoms. The number of rotatable bonds is 5. The SMILES string of the molecule is COc1ccccc1[C@H](O)CNC1CCc2cc(F)c(Cl)cc21. The van der Waals surface area contributed by atoms with Crippen LogP contribution in [-0.2, 0) is 6.42 Å². The first-order valence-electron chi connectivity index (χ1n) is 7.62. The molecule has 5 heteroatoms. The number of methoxy groups -OCH3 is 1. The summed E-state index contributed by atoms with van der Waals surface area (Å²) in [6, 6.07) is 10.7. The predicted molar refractivity (Wildman–Crippen MR) is 88.4 cm³/mol. The number of aliphatic hydroxyl groups excluding tert-OH is 1. The highest BCUT2D eigenvalue weighted by Crippen LogP contribution is 2.35. The maximum atomic E-state index is 13.5. The number of halogens is 2. The third-order valence-corrected chi connectivity index (χ3v) is 4.61. The number of aryl methyl sites for hydroxylation is 1. The highest BCUT2D eigenvalue weighted by Gasteiger charge is 2.25. The quantitative estimate of drug-likeness (QED) is 0.873. The molecule has 1 aliphatic rings. The fourth-order valence-corrected chi connectivity index (χ4v) is 3.29. The zero-order chi connectivity index (χ0) is 16.4. The van der Waals surface area contributed by atoms with Crippen molar-refractivity contribution >= 4 is 11.6 Å². The first-order chi connectivity index (χ1) is 11.1. The van der Waals surface area contributed by atoms with Crippen molar-refractivity contribution in [1.29, 1.82) is 0 Å². The maximum absolute atomic E-state index is 13.5. The van der Waals surface area contributed by atoms with Gasteiger partial charge in [-0.3, -0.25) is 0 Å². The van der Waals surface area contributed by atoms with Gasteiger partial charge >= 0.3 is 0 Å². The van der Waals surface area contributed by atoms with Gasteiger partial charge in [-0.05, 0) is 42.2 Å². The summed E-state index contributed by atoms with van der Waals surface area (Å²) in [5.74, 6) is 0.291. The van der Waals surface area contributed by atoms with Gasteiger partial charge < -0.3 is 15.2 Å². The standard InChI is InChI=1S/C18H19ClFNO2/c1-23-18-5-3-2-4-12(18)17(22)10-21-16-7-6-11-8-15(20)14(19)9-13(11)16/h2-5,8-9,16-17,21-22H,6-7,10H2,1H3/t16?,17-/m1/s1. The summed E-state index contributed by atoms with van der Waals surface area (Å²) in [6.45, 7) is 0.388. The van der Waals surface area contributed by atoms with E-state index in [1.165, 1.54) is 6.07 Å². The van der Waals surface area contributed by atoms with Crippen molar-refractivity contribution in [3.05, 3.63) is 63.9 Å². The molecule has 3 nitrogen and oxygen atoms in total. The second kappa shape index (κ2) is 6.87. The van der Waals surface area contributed by atoms with E-state index in [9.17, 15) is 9.50 Å². The lowest BCUT2D eigenvalue weighted by atomic mass is 10.1. The zero-order valence-electron chi connectivity index (χ0n) is 12.9. The number of ether oxygens (including phenoxy) is 1. The van der Waals surface area contributed by atoms with Crippen molar-refractivity contribution in [3.63, 3.8) is 0 Å². The number of aliphatic hydroxyl groups is 1. The van der Waals surface area contributed by atoms with Crippen molar-refractivity contribution in [2.45, 2.75) is 25.0 Å². The lowest BCUT2D eigenvalue weighted by Crippen LogP contribution is -2.25. The van der Waals surface area contributed by atoms with E-state index in [0.29, 0.717) is 12.3 Å². The molecule has 3 rings (SSSR count). The van der Waals surface area contributed by atoms with Crippen LogP contribution in [0.5, 0.6) is 5.75 Å². The van der Waals surface area contributed by atoms with E-state index < -0.39 is 6.10 Å². The Morgan fingerprint density at radius 3 is 2.96 bits per heavy atom. The van der Waals surface area contributed by atoms with Gasteiger partial charge in [-0.1, -0.05) is 29.8 Å². The van der Waals surface area contributed by atoms with E-state index in [-0.39, 0.29) is 16.9 Å². The van der Waals surface area contributed by atoms with E-state index in [1.54, 1.807) is 13.2 Å². The molecule has 0 saturated heterocycles. The Bertz CT molecular complexity index is 707. The smallest absolute Gasteiger partial charge is 0.142 e. The number of para-hydroxylation sites is 1. The molecule has 0 amide bonds. The molecule has 0 bridgehead atoms. The predicted octanol–water partition coefficient (Wildman–Crippen LogP) is 3.80. The Kier molecular flexibility index (Phi) is 4.85. The molecule has 2 aromatic carbocycles. The van der Waals surface area contributed by atoms with Crippen LogP contribution in [0.1, 0.15) is 35.3 Å². The van der Waals surface area contributed by atoms with Gasteiger partial charge in [0.25, 0.3) is 0 Å². The first-order valence-corrected chi connectivity index (χ1v) is 8.00. The molecular weight excluding hydrogens is 317 g/mol. The van der Waals surface area contributed by atoms with Crippen molar-refractivity contribution < 1.29 is 14.2 Å². The minimum atomic E-state index is -0.675. The van der Waals surface area contributed by atoms with Gasteiger partial charge in [-0.25, -0.2) is 4.39 Å². The summed E-state index contributed by atoms with van der Waals surface area (Å²) >= 11 is 5.89. The molecule has 2 N–H and O–H groups in total. The molecule has 0 fully saturated rings. The van der Waals surface area contributed by atoms with Crippen LogP contribution in [0, 0.1) is 5.82 Å². The van der Waals surface area contributed by atoms with E-state index in [0.717, 1.165) is 29.5 Å². The molecule has 1 aliphatic carbocycles. The topological polar surface area (TPSA) is 41.5 Å². The monoisotopic (exact) mass is 335 g/mol. The molecule has 0 radical (unpaired) electrons. The zero-order valence-corrected chi connectivity index (χ0v) is 13.6. The van der Waals surface area contributed by atoms with Crippen molar-refractivity contribution in [1.82, 2.24) is 5.32 Å². The van der Waals surface area contributed by atoms with Gasteiger partial charge in [0.1, 0.15) is 11.6 Å². The summed E-state index contributed by atoms with van der Waals surface area (Å²) in [6.07, 6.45) is 1.01. The molecule has 0 aliphatic heterocycles. The number of hydrogen-bond donors (Lipinski definition) is 2. The molecular formula is C18H19ClFNO2. The first kappa shape index (κ1) is 16.2. The van der Waals surface area contributed by atoms with E-state index in [2.05, 4.69) is 5.32 Å². The second-order valence-corrected chi connectivity index (χ2v) is 6.13. The average Bonchev–Trinajstić information content (AvgIpc) is 2.95. The fourth-order valence-electron chi connectivity index (χ4n) is 3.12. The lowest BCUT2D eigenvalue weighted by molar-refractivity contribution is 0.165. The third kappa shape index (κ3) is 3.34. The van der Waals surface area contributed by atoms with Crippen LogP contribution in [0.2, 0.25) is 5.02 Å². The van der Waals surface area contributed by atoms with Crippen LogP contribution in [-0.4, -0.2) is 18.8 Å². The number of fused-ring (bicyclic) bond motifs is 1. The molecule has 2 atom stereocenters. The van der Waals surface area contributed by atoms with Crippen LogP contribution < -0.4 is 10.1 Å². The Morgan fingerprint density at radius 2 is 2.17 bits per heavy atom. The third-order valence-electron chi connectivity index (χ3n) is 4.32. The molecule has 0 aromatic heterocycles. The normalized spacial score (nSPS) is 17.8. The summed E-state index contributed by atoms with van der Waals surface area (Å²) in [7, 11) is 1.59. The van der Waals surface area contributed by atoms with Crippen LogP contribution in [0.25, 0.3) is 0 Å². The summed E-state index contributed by atoms with van der Waals surface area (Å²) in [5, 5.41) is 13.9. The van der Waals surface area contributed by atoms with Crippen LogP contribution >= 0.6 is 11.6 Å². The van der Waals surface area contributed by atoms with Gasteiger partial charge in [0.05, 0.1) is 18.2 Å². The van der Waals surface area contributed by atoms with Gasteiger partial charge in [0, 0.05) is 18.2 Å². The molecule has 0 saturated carbocycles. The summed E-state index contributed by atoms with van der Waals surface area (Å²) < 4.78 is 18.8. The largest absolute Gasteiger partial charge is 0.496 e. The van der Waals surface area contributed by atoms with E-state index in [1.807, 2.05) is 24.3 Å².